The van der Waals surface area contributed by atoms with Crippen molar-refractivity contribution in [3.05, 3.63) is 11.1 Å². The summed E-state index contributed by atoms with van der Waals surface area (Å²) >= 11 is 0. The van der Waals surface area contributed by atoms with Gasteiger partial charge in [0.15, 0.2) is 5.79 Å². The van der Waals surface area contributed by atoms with E-state index in [-0.39, 0.29) is 5.41 Å². The Balaban J connectivity index is 1.76. The molecule has 3 aliphatic rings. The Morgan fingerprint density at radius 1 is 1.22 bits per heavy atom. The Bertz CT molecular complexity index is 373. The van der Waals surface area contributed by atoms with Gasteiger partial charge < -0.3 is 14.2 Å². The van der Waals surface area contributed by atoms with E-state index in [4.69, 9.17) is 14.2 Å². The second-order valence-electron chi connectivity index (χ2n) is 6.72. The van der Waals surface area contributed by atoms with Gasteiger partial charge in [-0.25, -0.2) is 0 Å². The van der Waals surface area contributed by atoms with Gasteiger partial charge in [-0.3, -0.25) is 0 Å². The van der Waals surface area contributed by atoms with E-state index < -0.39 is 5.79 Å². The Morgan fingerprint density at radius 3 is 2.44 bits per heavy atom. The molecule has 0 N–H and O–H groups in total. The van der Waals surface area contributed by atoms with Crippen LogP contribution < -0.4 is 0 Å². The third-order valence-electron chi connectivity index (χ3n) is 4.96. The summed E-state index contributed by atoms with van der Waals surface area (Å²) in [5.41, 5.74) is 3.31. The van der Waals surface area contributed by atoms with Crippen LogP contribution in [-0.2, 0) is 14.2 Å². The standard InChI is InChI=1S/C15H24O3/c1-10-12-7-15(6-11(12)5-13(10)16-4)8-17-14(2,3)18-9-15/h11,13H,5-9H2,1-4H3. The summed E-state index contributed by atoms with van der Waals surface area (Å²) in [6.07, 6.45) is 3.85. The van der Waals surface area contributed by atoms with Crippen molar-refractivity contribution in [3.8, 4) is 0 Å². The van der Waals surface area contributed by atoms with E-state index >= 15 is 0 Å². The van der Waals surface area contributed by atoms with Crippen molar-refractivity contribution in [2.75, 3.05) is 20.3 Å². The highest BCUT2D eigenvalue weighted by molar-refractivity contribution is 5.31. The molecule has 2 unspecified atom stereocenters. The van der Waals surface area contributed by atoms with Crippen molar-refractivity contribution >= 4 is 0 Å². The normalized spacial score (nSPS) is 37.3. The first-order valence-corrected chi connectivity index (χ1v) is 6.95. The van der Waals surface area contributed by atoms with Crippen LogP contribution in [0.2, 0.25) is 0 Å². The molecule has 0 amide bonds. The zero-order valence-electron chi connectivity index (χ0n) is 11.9. The van der Waals surface area contributed by atoms with Crippen LogP contribution in [0.4, 0.5) is 0 Å². The van der Waals surface area contributed by atoms with Crippen LogP contribution >= 0.6 is 0 Å². The molecular formula is C15H24O3. The van der Waals surface area contributed by atoms with Crippen molar-refractivity contribution in [3.63, 3.8) is 0 Å². The molecule has 3 nitrogen and oxygen atoms in total. The topological polar surface area (TPSA) is 27.7 Å². The molecule has 2 atom stereocenters. The van der Waals surface area contributed by atoms with E-state index in [1.807, 2.05) is 21.0 Å². The molecule has 0 radical (unpaired) electrons. The third-order valence-corrected chi connectivity index (χ3v) is 4.96. The Morgan fingerprint density at radius 2 is 1.89 bits per heavy atom. The van der Waals surface area contributed by atoms with Crippen LogP contribution in [0.5, 0.6) is 0 Å². The minimum Gasteiger partial charge on any atom is -0.377 e. The van der Waals surface area contributed by atoms with Gasteiger partial charge in [-0.05, 0) is 51.5 Å². The summed E-state index contributed by atoms with van der Waals surface area (Å²) in [6.45, 7) is 7.91. The minimum atomic E-state index is -0.401. The van der Waals surface area contributed by atoms with Crippen molar-refractivity contribution in [2.24, 2.45) is 11.3 Å². The van der Waals surface area contributed by atoms with Gasteiger partial charge in [0.2, 0.25) is 0 Å². The first kappa shape index (κ1) is 12.6. The van der Waals surface area contributed by atoms with Crippen LogP contribution in [0.3, 0.4) is 0 Å². The van der Waals surface area contributed by atoms with Crippen molar-refractivity contribution < 1.29 is 14.2 Å². The molecule has 2 fully saturated rings. The van der Waals surface area contributed by atoms with Crippen LogP contribution in [-0.4, -0.2) is 32.2 Å². The number of fused-ring (bicyclic) bond motifs is 1. The highest BCUT2D eigenvalue weighted by atomic mass is 16.7. The van der Waals surface area contributed by atoms with E-state index in [1.165, 1.54) is 12.0 Å². The lowest BCUT2D eigenvalue weighted by atomic mass is 9.84. The predicted octanol–water partition coefficient (Wildman–Crippen LogP) is 2.90. The Hall–Kier alpha value is -0.380. The quantitative estimate of drug-likeness (QED) is 0.672. The number of allylic oxidation sites excluding steroid dienone is 1. The van der Waals surface area contributed by atoms with E-state index in [0.717, 1.165) is 26.1 Å². The number of hydrogen-bond acceptors (Lipinski definition) is 3. The fourth-order valence-electron chi connectivity index (χ4n) is 3.83. The van der Waals surface area contributed by atoms with Crippen molar-refractivity contribution in [1.82, 2.24) is 0 Å². The van der Waals surface area contributed by atoms with Crippen LogP contribution in [0, 0.1) is 11.3 Å². The first-order chi connectivity index (χ1) is 8.45. The van der Waals surface area contributed by atoms with E-state index in [1.54, 1.807) is 5.57 Å². The summed E-state index contributed by atoms with van der Waals surface area (Å²) < 4.78 is 17.3. The molecule has 1 aliphatic heterocycles. The summed E-state index contributed by atoms with van der Waals surface area (Å²) in [5.74, 6) is 0.296. The first-order valence-electron chi connectivity index (χ1n) is 6.95. The fourth-order valence-corrected chi connectivity index (χ4v) is 3.83. The molecule has 18 heavy (non-hydrogen) atoms. The Kier molecular flexibility index (Phi) is 2.85. The smallest absolute Gasteiger partial charge is 0.162 e. The van der Waals surface area contributed by atoms with E-state index in [0.29, 0.717) is 12.0 Å². The molecule has 3 heteroatoms. The number of hydrogen-bond donors (Lipinski definition) is 0. The monoisotopic (exact) mass is 252 g/mol. The van der Waals surface area contributed by atoms with Gasteiger partial charge in [-0.2, -0.15) is 0 Å². The van der Waals surface area contributed by atoms with E-state index in [9.17, 15) is 0 Å². The van der Waals surface area contributed by atoms with Crippen molar-refractivity contribution in [2.45, 2.75) is 51.9 Å². The van der Waals surface area contributed by atoms with Gasteiger partial charge in [0.25, 0.3) is 0 Å². The molecule has 1 heterocycles. The maximum Gasteiger partial charge on any atom is 0.162 e. The molecule has 0 aromatic heterocycles. The zero-order chi connectivity index (χ0) is 13.0. The SMILES string of the molecule is COC1CC2CC3(COC(C)(C)OC3)CC2=C1C. The van der Waals surface area contributed by atoms with Gasteiger partial charge in [0.05, 0.1) is 19.3 Å². The van der Waals surface area contributed by atoms with Crippen LogP contribution in [0.1, 0.15) is 40.0 Å². The summed E-state index contributed by atoms with van der Waals surface area (Å²) in [5, 5.41) is 0. The lowest BCUT2D eigenvalue weighted by molar-refractivity contribution is -0.284. The molecule has 3 rings (SSSR count). The molecule has 2 aliphatic carbocycles. The van der Waals surface area contributed by atoms with Gasteiger partial charge in [0, 0.05) is 12.5 Å². The maximum absolute atomic E-state index is 5.88. The summed E-state index contributed by atoms with van der Waals surface area (Å²) in [6, 6.07) is 0. The van der Waals surface area contributed by atoms with Crippen molar-refractivity contribution in [1.29, 1.82) is 0 Å². The Labute approximate surface area is 109 Å². The summed E-state index contributed by atoms with van der Waals surface area (Å²) in [7, 11) is 1.82. The molecule has 0 bridgehead atoms. The van der Waals surface area contributed by atoms with E-state index in [2.05, 4.69) is 6.92 Å². The summed E-state index contributed by atoms with van der Waals surface area (Å²) in [4.78, 5) is 0. The zero-order valence-corrected chi connectivity index (χ0v) is 11.9. The highest BCUT2D eigenvalue weighted by Crippen LogP contribution is 2.54. The third kappa shape index (κ3) is 1.93. The average molecular weight is 252 g/mol. The minimum absolute atomic E-state index is 0.232. The number of ether oxygens (including phenoxy) is 3. The predicted molar refractivity (Wildman–Crippen MR) is 69.3 cm³/mol. The molecular weight excluding hydrogens is 228 g/mol. The van der Waals surface area contributed by atoms with Gasteiger partial charge in [0.1, 0.15) is 0 Å². The molecule has 0 aromatic carbocycles. The second-order valence-corrected chi connectivity index (χ2v) is 6.72. The molecule has 0 aromatic rings. The molecule has 102 valence electrons. The number of rotatable bonds is 1. The van der Waals surface area contributed by atoms with Gasteiger partial charge in [-0.1, -0.05) is 5.57 Å². The average Bonchev–Trinajstić information content (AvgIpc) is 2.81. The largest absolute Gasteiger partial charge is 0.377 e. The lowest BCUT2D eigenvalue weighted by Crippen LogP contribution is -2.45. The molecule has 1 spiro atoms. The fraction of sp³-hybridized carbons (Fsp3) is 0.867. The number of methoxy groups -OCH3 is 1. The molecule has 1 saturated heterocycles. The van der Waals surface area contributed by atoms with Crippen LogP contribution in [0.25, 0.3) is 0 Å². The highest BCUT2D eigenvalue weighted by Gasteiger charge is 2.50. The van der Waals surface area contributed by atoms with Crippen LogP contribution in [0.15, 0.2) is 11.1 Å². The van der Waals surface area contributed by atoms with Gasteiger partial charge >= 0.3 is 0 Å². The molecule has 1 saturated carbocycles. The second kappa shape index (κ2) is 4.06. The maximum atomic E-state index is 5.88. The van der Waals surface area contributed by atoms with Gasteiger partial charge in [-0.15, -0.1) is 0 Å². The lowest BCUT2D eigenvalue weighted by Gasteiger charge is -2.41.